The molecule has 4 N–H and O–H groups in total. The molecule has 0 bridgehead atoms. The van der Waals surface area contributed by atoms with Crippen LogP contribution in [-0.4, -0.2) is 23.5 Å². The minimum atomic E-state index is -0.483. The Balaban J connectivity index is 1.75. The van der Waals surface area contributed by atoms with Gasteiger partial charge < -0.3 is 15.8 Å². The number of nitrogens with one attached hydrogen (secondary N) is 2. The molecule has 2 amide bonds. The van der Waals surface area contributed by atoms with E-state index in [1.165, 1.54) is 11.3 Å². The van der Waals surface area contributed by atoms with Crippen molar-refractivity contribution < 1.29 is 14.3 Å². The number of hydrogen-bond acceptors (Lipinski definition) is 5. The number of nitrogens with two attached hydrogens (primary N) is 1. The Morgan fingerprint density at radius 2 is 2.06 bits per heavy atom. The molecular formula is C23H28BrN3O3S2. The molecule has 9 heteroatoms. The smallest absolute Gasteiger partial charge is 0.257 e. The molecule has 0 unspecified atom stereocenters. The van der Waals surface area contributed by atoms with Crippen LogP contribution in [0.15, 0.2) is 22.7 Å². The number of hydrogen-bond donors (Lipinski definition) is 3. The first kappa shape index (κ1) is 24.7. The van der Waals surface area contributed by atoms with Crippen molar-refractivity contribution in [3.63, 3.8) is 0 Å². The number of primary amides is 1. The van der Waals surface area contributed by atoms with Crippen LogP contribution >= 0.6 is 39.5 Å². The van der Waals surface area contributed by atoms with Crippen molar-refractivity contribution in [3.8, 4) is 5.75 Å². The third-order valence-electron chi connectivity index (χ3n) is 5.68. The van der Waals surface area contributed by atoms with Gasteiger partial charge in [-0.3, -0.25) is 14.9 Å². The van der Waals surface area contributed by atoms with E-state index in [0.717, 1.165) is 29.7 Å². The van der Waals surface area contributed by atoms with Crippen molar-refractivity contribution in [2.45, 2.75) is 47.0 Å². The molecule has 0 spiro atoms. The summed E-state index contributed by atoms with van der Waals surface area (Å²) >= 11 is 10.3. The van der Waals surface area contributed by atoms with Gasteiger partial charge >= 0.3 is 0 Å². The van der Waals surface area contributed by atoms with Gasteiger partial charge in [-0.2, -0.15) is 0 Å². The lowest BCUT2D eigenvalue weighted by Crippen LogP contribution is -2.34. The Morgan fingerprint density at radius 3 is 2.66 bits per heavy atom. The number of carbonyl (C=O) groups is 2. The highest BCUT2D eigenvalue weighted by atomic mass is 79.9. The molecule has 2 aromatic rings. The van der Waals surface area contributed by atoms with E-state index in [0.29, 0.717) is 38.9 Å². The van der Waals surface area contributed by atoms with Crippen LogP contribution in [0.25, 0.3) is 0 Å². The van der Waals surface area contributed by atoms with E-state index < -0.39 is 5.91 Å². The van der Waals surface area contributed by atoms with Gasteiger partial charge in [0.2, 0.25) is 0 Å². The lowest BCUT2D eigenvalue weighted by molar-refractivity contribution is 0.0975. The fourth-order valence-corrected chi connectivity index (χ4v) is 5.99. The number of rotatable bonds is 5. The molecule has 1 aromatic carbocycles. The highest BCUT2D eigenvalue weighted by Crippen LogP contribution is 2.44. The zero-order valence-corrected chi connectivity index (χ0v) is 21.9. The van der Waals surface area contributed by atoms with E-state index in [4.69, 9.17) is 22.7 Å². The van der Waals surface area contributed by atoms with Crippen LogP contribution in [0.5, 0.6) is 5.75 Å². The Morgan fingerprint density at radius 1 is 1.34 bits per heavy atom. The van der Waals surface area contributed by atoms with Crippen LogP contribution < -0.4 is 21.1 Å². The molecule has 3 rings (SSSR count). The summed E-state index contributed by atoms with van der Waals surface area (Å²) in [4.78, 5) is 26.0. The van der Waals surface area contributed by atoms with E-state index >= 15 is 0 Å². The van der Waals surface area contributed by atoms with Gasteiger partial charge in [0.05, 0.1) is 16.6 Å². The van der Waals surface area contributed by atoms with Crippen molar-refractivity contribution in [2.75, 3.05) is 11.9 Å². The lowest BCUT2D eigenvalue weighted by atomic mass is 9.72. The van der Waals surface area contributed by atoms with E-state index in [9.17, 15) is 9.59 Å². The van der Waals surface area contributed by atoms with Gasteiger partial charge in [0, 0.05) is 10.4 Å². The minimum Gasteiger partial charge on any atom is -0.493 e. The van der Waals surface area contributed by atoms with Crippen LogP contribution in [0.1, 0.15) is 65.3 Å². The Labute approximate surface area is 206 Å². The lowest BCUT2D eigenvalue weighted by Gasteiger charge is -2.33. The summed E-state index contributed by atoms with van der Waals surface area (Å²) in [5.41, 5.74) is 7.82. The molecular weight excluding hydrogens is 510 g/mol. The standard InChI is InChI=1S/C23H28BrN3O3S2/c1-5-30-16-9-6-12(10-15(16)24)20(29)26-22(31)27-21-18(19(25)28)14-8-7-13(23(2,3)4)11-17(14)32-21/h6,9-10,13H,5,7-8,11H2,1-4H3,(H2,25,28)(H2,26,27,29,31)/t13-/m0/s1. The second-order valence-corrected chi connectivity index (χ2v) is 11.2. The first-order chi connectivity index (χ1) is 15.0. The Bertz CT molecular complexity index is 1060. The summed E-state index contributed by atoms with van der Waals surface area (Å²) in [6, 6.07) is 5.07. The number of fused-ring (bicyclic) bond motifs is 1. The molecule has 6 nitrogen and oxygen atoms in total. The predicted octanol–water partition coefficient (Wildman–Crippen LogP) is 5.29. The van der Waals surface area contributed by atoms with Gasteiger partial charge in [-0.1, -0.05) is 20.8 Å². The van der Waals surface area contributed by atoms with Crippen molar-refractivity contribution in [1.82, 2.24) is 5.32 Å². The predicted molar refractivity (Wildman–Crippen MR) is 137 cm³/mol. The van der Waals surface area contributed by atoms with E-state index in [-0.39, 0.29) is 16.4 Å². The number of thiophene rings is 1. The molecule has 0 fully saturated rings. The molecule has 1 atom stereocenters. The topological polar surface area (TPSA) is 93.4 Å². The fourth-order valence-electron chi connectivity index (χ4n) is 3.90. The number of halogens is 1. The van der Waals surface area contributed by atoms with Gasteiger partial charge in [0.15, 0.2) is 5.11 Å². The van der Waals surface area contributed by atoms with Gasteiger partial charge in [0.1, 0.15) is 10.8 Å². The average molecular weight is 539 g/mol. The average Bonchev–Trinajstić information content (AvgIpc) is 3.05. The van der Waals surface area contributed by atoms with Crippen molar-refractivity contribution in [1.29, 1.82) is 0 Å². The van der Waals surface area contributed by atoms with Crippen LogP contribution in [0.4, 0.5) is 5.00 Å². The summed E-state index contributed by atoms with van der Waals surface area (Å²) in [5.74, 6) is 0.352. The molecule has 0 saturated carbocycles. The Kier molecular flexibility index (Phi) is 7.62. The largest absolute Gasteiger partial charge is 0.493 e. The van der Waals surface area contributed by atoms with Gasteiger partial charge in [-0.15, -0.1) is 11.3 Å². The molecule has 1 aromatic heterocycles. The van der Waals surface area contributed by atoms with E-state index in [1.807, 2.05) is 6.92 Å². The second kappa shape index (κ2) is 9.89. The molecule has 0 saturated heterocycles. The SMILES string of the molecule is CCOc1ccc(C(=O)NC(=S)Nc2sc3c(c2C(N)=O)CC[C@H](C(C)(C)C)C3)cc1Br. The number of benzene rings is 1. The van der Waals surface area contributed by atoms with Gasteiger partial charge in [-0.05, 0) is 89.4 Å². The third-order valence-corrected chi connectivity index (χ3v) is 7.68. The number of thiocarbonyl (C=S) groups is 1. The molecule has 0 radical (unpaired) electrons. The maximum Gasteiger partial charge on any atom is 0.257 e. The number of anilines is 1. The van der Waals surface area contributed by atoms with Gasteiger partial charge in [0.25, 0.3) is 11.8 Å². The zero-order chi connectivity index (χ0) is 23.6. The monoisotopic (exact) mass is 537 g/mol. The first-order valence-corrected chi connectivity index (χ1v) is 12.5. The van der Waals surface area contributed by atoms with Gasteiger partial charge in [-0.25, -0.2) is 0 Å². The molecule has 172 valence electrons. The quantitative estimate of drug-likeness (QED) is 0.450. The van der Waals surface area contributed by atoms with Crippen LogP contribution in [0.3, 0.4) is 0 Å². The molecule has 1 aliphatic carbocycles. The van der Waals surface area contributed by atoms with E-state index in [2.05, 4.69) is 47.3 Å². The molecule has 1 aliphatic rings. The molecule has 32 heavy (non-hydrogen) atoms. The van der Waals surface area contributed by atoms with Crippen molar-refractivity contribution >= 4 is 61.4 Å². The second-order valence-electron chi connectivity index (χ2n) is 8.86. The molecule has 0 aliphatic heterocycles. The number of ether oxygens (including phenoxy) is 1. The summed E-state index contributed by atoms with van der Waals surface area (Å²) in [7, 11) is 0. The van der Waals surface area contributed by atoms with Crippen LogP contribution in [0, 0.1) is 11.3 Å². The fraction of sp³-hybridized carbons (Fsp3) is 0.435. The summed E-state index contributed by atoms with van der Waals surface area (Å²) in [6.45, 7) is 9.15. The normalized spacial score (nSPS) is 15.6. The summed E-state index contributed by atoms with van der Waals surface area (Å²) in [5, 5.41) is 6.42. The van der Waals surface area contributed by atoms with Crippen LogP contribution in [0.2, 0.25) is 0 Å². The van der Waals surface area contributed by atoms with Crippen molar-refractivity contribution in [3.05, 3.63) is 44.2 Å². The highest BCUT2D eigenvalue weighted by Gasteiger charge is 2.33. The number of amides is 2. The van der Waals surface area contributed by atoms with E-state index in [1.54, 1.807) is 18.2 Å². The maximum absolute atomic E-state index is 12.6. The Hall–Kier alpha value is -1.97. The van der Waals surface area contributed by atoms with Crippen molar-refractivity contribution in [2.24, 2.45) is 17.1 Å². The minimum absolute atomic E-state index is 0.119. The third kappa shape index (κ3) is 5.50. The van der Waals surface area contributed by atoms with Crippen LogP contribution in [-0.2, 0) is 12.8 Å². The maximum atomic E-state index is 12.6. The number of carbonyl (C=O) groups excluding carboxylic acids is 2. The highest BCUT2D eigenvalue weighted by molar-refractivity contribution is 9.10. The zero-order valence-electron chi connectivity index (χ0n) is 18.6. The summed E-state index contributed by atoms with van der Waals surface area (Å²) in [6.07, 6.45) is 2.73. The first-order valence-electron chi connectivity index (χ1n) is 10.5. The summed E-state index contributed by atoms with van der Waals surface area (Å²) < 4.78 is 6.16. The molecule has 1 heterocycles.